The highest BCUT2D eigenvalue weighted by molar-refractivity contribution is 5.82. The van der Waals surface area contributed by atoms with Gasteiger partial charge in [-0.15, -0.1) is 0 Å². The molecule has 0 aliphatic carbocycles. The van der Waals surface area contributed by atoms with E-state index in [1.807, 2.05) is 0 Å². The molecule has 2 saturated heterocycles. The fourth-order valence-electron chi connectivity index (χ4n) is 4.42. The quantitative estimate of drug-likeness (QED) is 0.817. The molecule has 2 aromatic rings. The fraction of sp³-hybridized carbons (Fsp3) is 0.591. The molecule has 0 spiro atoms. The molecule has 2 aliphatic heterocycles. The lowest BCUT2D eigenvalue weighted by Gasteiger charge is -2.36. The summed E-state index contributed by atoms with van der Waals surface area (Å²) in [5.74, 6) is 1.04. The van der Waals surface area contributed by atoms with Gasteiger partial charge in [-0.25, -0.2) is 4.98 Å². The van der Waals surface area contributed by atoms with Crippen molar-refractivity contribution in [2.75, 3.05) is 57.3 Å². The molecule has 0 bridgehead atoms. The number of aliphatic hydroxyl groups excluding tert-OH is 2. The number of fused-ring (bicyclic) bond motifs is 1. The number of anilines is 1. The van der Waals surface area contributed by atoms with Crippen LogP contribution < -0.4 is 4.90 Å². The first-order chi connectivity index (χ1) is 13.6. The summed E-state index contributed by atoms with van der Waals surface area (Å²) in [6.07, 6.45) is 1.62. The Balaban J connectivity index is 1.60. The van der Waals surface area contributed by atoms with E-state index in [1.165, 1.54) is 16.5 Å². The summed E-state index contributed by atoms with van der Waals surface area (Å²) in [6.45, 7) is 9.64. The largest absolute Gasteiger partial charge is 0.395 e. The van der Waals surface area contributed by atoms with Crippen LogP contribution in [0.15, 0.2) is 24.3 Å². The smallest absolute Gasteiger partial charge is 0.133 e. The van der Waals surface area contributed by atoms with Gasteiger partial charge in [0.25, 0.3) is 0 Å². The van der Waals surface area contributed by atoms with Crippen LogP contribution in [0.4, 0.5) is 5.82 Å². The van der Waals surface area contributed by atoms with Gasteiger partial charge in [0.15, 0.2) is 0 Å². The normalized spacial score (nSPS) is 22.1. The summed E-state index contributed by atoms with van der Waals surface area (Å²) in [6, 6.07) is 8.72. The van der Waals surface area contributed by atoms with Gasteiger partial charge in [-0.2, -0.15) is 0 Å². The van der Waals surface area contributed by atoms with Crippen LogP contribution in [0, 0.1) is 6.92 Å². The Morgan fingerprint density at radius 2 is 1.86 bits per heavy atom. The third-order valence-electron chi connectivity index (χ3n) is 6.00. The van der Waals surface area contributed by atoms with Gasteiger partial charge in [0.2, 0.25) is 0 Å². The highest BCUT2D eigenvalue weighted by Crippen LogP contribution is 2.28. The molecule has 2 aliphatic rings. The van der Waals surface area contributed by atoms with Gasteiger partial charge >= 0.3 is 0 Å². The van der Waals surface area contributed by atoms with Crippen LogP contribution in [-0.2, 0) is 6.54 Å². The van der Waals surface area contributed by atoms with E-state index in [0.717, 1.165) is 70.0 Å². The summed E-state index contributed by atoms with van der Waals surface area (Å²) in [5, 5.41) is 20.5. The number of benzene rings is 1. The van der Waals surface area contributed by atoms with Crippen molar-refractivity contribution in [2.45, 2.75) is 32.4 Å². The lowest BCUT2D eigenvalue weighted by Crippen LogP contribution is -2.47. The Hall–Kier alpha value is -1.73. The van der Waals surface area contributed by atoms with Gasteiger partial charge in [0.1, 0.15) is 5.82 Å². The Kier molecular flexibility index (Phi) is 6.11. The van der Waals surface area contributed by atoms with Crippen LogP contribution in [0.25, 0.3) is 10.9 Å². The number of hydrogen-bond donors (Lipinski definition) is 2. The van der Waals surface area contributed by atoms with Crippen LogP contribution in [0.1, 0.15) is 24.0 Å². The monoisotopic (exact) mass is 384 g/mol. The minimum Gasteiger partial charge on any atom is -0.395 e. The van der Waals surface area contributed by atoms with Crippen LogP contribution in [-0.4, -0.2) is 83.5 Å². The summed E-state index contributed by atoms with van der Waals surface area (Å²) in [4.78, 5) is 12.1. The van der Waals surface area contributed by atoms with Crippen LogP contribution in [0.3, 0.4) is 0 Å². The van der Waals surface area contributed by atoms with Crippen molar-refractivity contribution in [3.8, 4) is 0 Å². The number of hydrogen-bond acceptors (Lipinski definition) is 6. The van der Waals surface area contributed by atoms with Gasteiger partial charge in [-0.3, -0.25) is 9.80 Å². The molecule has 1 aromatic carbocycles. The first kappa shape index (κ1) is 19.6. The number of pyridine rings is 1. The molecule has 1 unspecified atom stereocenters. The number of aromatic nitrogens is 1. The summed E-state index contributed by atoms with van der Waals surface area (Å²) >= 11 is 0. The van der Waals surface area contributed by atoms with Crippen molar-refractivity contribution in [2.24, 2.45) is 0 Å². The third kappa shape index (κ3) is 4.46. The maximum Gasteiger partial charge on any atom is 0.133 e. The topological polar surface area (TPSA) is 63.1 Å². The number of aryl methyl sites for hydroxylation is 1. The van der Waals surface area contributed by atoms with E-state index in [-0.39, 0.29) is 12.7 Å². The number of nitrogens with zero attached hydrogens (tertiary/aromatic N) is 4. The maximum absolute atomic E-state index is 10.2. The zero-order valence-electron chi connectivity index (χ0n) is 16.8. The van der Waals surface area contributed by atoms with E-state index in [1.54, 1.807) is 0 Å². The second kappa shape index (κ2) is 8.74. The lowest BCUT2D eigenvalue weighted by atomic mass is 10.0. The Morgan fingerprint density at radius 3 is 2.61 bits per heavy atom. The molecule has 1 aromatic heterocycles. The van der Waals surface area contributed by atoms with Crippen molar-refractivity contribution in [3.63, 3.8) is 0 Å². The molecule has 0 amide bonds. The molecule has 2 N–H and O–H groups in total. The van der Waals surface area contributed by atoms with E-state index >= 15 is 0 Å². The minimum atomic E-state index is -0.265. The van der Waals surface area contributed by atoms with E-state index in [0.29, 0.717) is 6.54 Å². The number of β-amino-alcohol motifs (C(OH)–C–C–N with tert-alkyl or cyclic N) is 2. The average Bonchev–Trinajstić information content (AvgIpc) is 2.69. The molecule has 0 radical (unpaired) electrons. The van der Waals surface area contributed by atoms with Crippen LogP contribution >= 0.6 is 0 Å². The molecule has 6 nitrogen and oxygen atoms in total. The Bertz CT molecular complexity index is 804. The van der Waals surface area contributed by atoms with E-state index in [9.17, 15) is 5.11 Å². The first-order valence-electron chi connectivity index (χ1n) is 10.5. The second-order valence-corrected chi connectivity index (χ2v) is 8.25. The van der Waals surface area contributed by atoms with Crippen molar-refractivity contribution in [3.05, 3.63) is 35.4 Å². The molecule has 4 rings (SSSR count). The number of piperidine rings is 1. The highest BCUT2D eigenvalue weighted by atomic mass is 16.3. The lowest BCUT2D eigenvalue weighted by molar-refractivity contribution is 0.108. The molecule has 2 fully saturated rings. The first-order valence-corrected chi connectivity index (χ1v) is 10.5. The molecular weight excluding hydrogens is 352 g/mol. The van der Waals surface area contributed by atoms with Gasteiger partial charge in [-0.05, 0) is 38.0 Å². The van der Waals surface area contributed by atoms with Crippen molar-refractivity contribution in [1.82, 2.24) is 14.8 Å². The van der Waals surface area contributed by atoms with Crippen LogP contribution in [0.2, 0.25) is 0 Å². The average molecular weight is 385 g/mol. The molecule has 3 heterocycles. The molecule has 152 valence electrons. The summed E-state index contributed by atoms with van der Waals surface area (Å²) in [5.41, 5.74) is 3.53. The predicted molar refractivity (Wildman–Crippen MR) is 113 cm³/mol. The van der Waals surface area contributed by atoms with Gasteiger partial charge in [0.05, 0.1) is 18.2 Å². The zero-order chi connectivity index (χ0) is 19.5. The predicted octanol–water partition coefficient (Wildman–Crippen LogP) is 1.61. The Labute approximate surface area is 167 Å². The van der Waals surface area contributed by atoms with Gasteiger partial charge < -0.3 is 15.1 Å². The summed E-state index contributed by atoms with van der Waals surface area (Å²) < 4.78 is 0. The fourth-order valence-corrected chi connectivity index (χ4v) is 4.42. The summed E-state index contributed by atoms with van der Waals surface area (Å²) in [7, 11) is 0. The van der Waals surface area contributed by atoms with Crippen molar-refractivity contribution in [1.29, 1.82) is 0 Å². The second-order valence-electron chi connectivity index (χ2n) is 8.25. The standard InChI is InChI=1S/C22H32N4O2/c1-17-4-5-21-18(13-17)14-19(15-25-9-7-24(8-10-25)11-12-27)22(23-21)26-6-2-3-20(28)16-26/h4-5,13-14,20,27-28H,2-3,6-12,15-16H2,1H3. The zero-order valence-corrected chi connectivity index (χ0v) is 16.8. The number of piperazine rings is 1. The SMILES string of the molecule is Cc1ccc2nc(N3CCCC(O)C3)c(CN3CCN(CCO)CC3)cc2c1. The minimum absolute atomic E-state index is 0.232. The van der Waals surface area contributed by atoms with E-state index in [2.05, 4.69) is 45.9 Å². The number of aliphatic hydroxyl groups is 2. The third-order valence-corrected chi connectivity index (χ3v) is 6.00. The van der Waals surface area contributed by atoms with Gasteiger partial charge in [0, 0.05) is 63.3 Å². The van der Waals surface area contributed by atoms with Crippen molar-refractivity contribution >= 4 is 16.7 Å². The van der Waals surface area contributed by atoms with Crippen molar-refractivity contribution < 1.29 is 10.2 Å². The van der Waals surface area contributed by atoms with E-state index < -0.39 is 0 Å². The van der Waals surface area contributed by atoms with E-state index in [4.69, 9.17) is 10.1 Å². The molecule has 28 heavy (non-hydrogen) atoms. The highest BCUT2D eigenvalue weighted by Gasteiger charge is 2.24. The molecular formula is C22H32N4O2. The molecule has 0 saturated carbocycles. The van der Waals surface area contributed by atoms with Gasteiger partial charge in [-0.1, -0.05) is 11.6 Å². The van der Waals surface area contributed by atoms with Crippen LogP contribution in [0.5, 0.6) is 0 Å². The number of rotatable bonds is 5. The molecule has 1 atom stereocenters. The molecule has 6 heteroatoms. The Morgan fingerprint density at radius 1 is 1.07 bits per heavy atom. The maximum atomic E-state index is 10.2.